The van der Waals surface area contributed by atoms with E-state index in [2.05, 4.69) is 10.3 Å². The van der Waals surface area contributed by atoms with E-state index < -0.39 is 0 Å². The Balaban J connectivity index is 1.70. The first-order chi connectivity index (χ1) is 13.3. The lowest BCUT2D eigenvalue weighted by molar-refractivity contribution is 0.0939. The van der Waals surface area contributed by atoms with Crippen molar-refractivity contribution in [3.8, 4) is 11.4 Å². The normalized spacial score (nSPS) is 10.7. The Bertz CT molecular complexity index is 1090. The zero-order valence-corrected chi connectivity index (χ0v) is 14.9. The summed E-state index contributed by atoms with van der Waals surface area (Å²) in [5.41, 5.74) is 3.49. The number of ether oxygens (including phenoxy) is 1. The second-order valence-electron chi connectivity index (χ2n) is 6.09. The first-order valence-electron chi connectivity index (χ1n) is 8.71. The maximum Gasteiger partial charge on any atom is 0.287 e. The molecule has 0 saturated carbocycles. The maximum absolute atomic E-state index is 12.9. The predicted molar refractivity (Wildman–Crippen MR) is 105 cm³/mol. The molecule has 3 aromatic carbocycles. The highest BCUT2D eigenvalue weighted by Gasteiger charge is 2.18. The van der Waals surface area contributed by atoms with Crippen LogP contribution in [0.3, 0.4) is 0 Å². The number of hydrogen-bond acceptors (Lipinski definition) is 3. The van der Waals surface area contributed by atoms with Crippen molar-refractivity contribution in [1.29, 1.82) is 0 Å². The molecule has 0 atom stereocenters. The van der Waals surface area contributed by atoms with Gasteiger partial charge < -0.3 is 10.1 Å². The summed E-state index contributed by atoms with van der Waals surface area (Å²) < 4.78 is 7.23. The molecule has 0 fully saturated rings. The van der Waals surface area contributed by atoms with Crippen LogP contribution < -0.4 is 10.1 Å². The second kappa shape index (κ2) is 7.33. The van der Waals surface area contributed by atoms with Gasteiger partial charge in [-0.1, -0.05) is 48.5 Å². The van der Waals surface area contributed by atoms with Crippen molar-refractivity contribution in [3.63, 3.8) is 0 Å². The van der Waals surface area contributed by atoms with Crippen LogP contribution in [0.2, 0.25) is 0 Å². The molecule has 1 aromatic heterocycles. The number of benzene rings is 3. The molecule has 0 aliphatic heterocycles. The Kier molecular flexibility index (Phi) is 4.58. The van der Waals surface area contributed by atoms with Crippen molar-refractivity contribution in [2.45, 2.75) is 6.54 Å². The number of hydrogen-bond donors (Lipinski definition) is 1. The van der Waals surface area contributed by atoms with Crippen LogP contribution >= 0.6 is 0 Å². The molecule has 0 aliphatic rings. The SMILES string of the molecule is COc1ccccc1CNC(=O)c1nc2ccccc2n1-c1ccccc1. The summed E-state index contributed by atoms with van der Waals surface area (Å²) in [6.45, 7) is 0.362. The fourth-order valence-corrected chi connectivity index (χ4v) is 3.12. The minimum atomic E-state index is -0.235. The van der Waals surface area contributed by atoms with Crippen LogP contribution in [0.5, 0.6) is 5.75 Å². The number of aromatic nitrogens is 2. The molecule has 4 aromatic rings. The van der Waals surface area contributed by atoms with Gasteiger partial charge in [-0.3, -0.25) is 9.36 Å². The summed E-state index contributed by atoms with van der Waals surface area (Å²) in [5.74, 6) is 0.868. The lowest BCUT2D eigenvalue weighted by Gasteiger charge is -2.11. The third-order valence-corrected chi connectivity index (χ3v) is 4.41. The molecule has 27 heavy (non-hydrogen) atoms. The summed E-state index contributed by atoms with van der Waals surface area (Å²) in [6.07, 6.45) is 0. The van der Waals surface area contributed by atoms with Crippen LogP contribution in [0.4, 0.5) is 0 Å². The molecule has 1 N–H and O–H groups in total. The molecule has 0 saturated heterocycles. The predicted octanol–water partition coefficient (Wildman–Crippen LogP) is 3.96. The topological polar surface area (TPSA) is 56.1 Å². The number of nitrogens with zero attached hydrogens (tertiary/aromatic N) is 2. The molecular weight excluding hydrogens is 338 g/mol. The van der Waals surface area contributed by atoms with Gasteiger partial charge in [-0.25, -0.2) is 4.98 Å². The van der Waals surface area contributed by atoms with Crippen molar-refractivity contribution < 1.29 is 9.53 Å². The van der Waals surface area contributed by atoms with Crippen molar-refractivity contribution >= 4 is 16.9 Å². The number of nitrogens with one attached hydrogen (secondary N) is 1. The summed E-state index contributed by atoms with van der Waals surface area (Å²) in [4.78, 5) is 17.5. The minimum Gasteiger partial charge on any atom is -0.496 e. The third-order valence-electron chi connectivity index (χ3n) is 4.41. The minimum absolute atomic E-state index is 0.235. The van der Waals surface area contributed by atoms with Crippen LogP contribution in [0, 0.1) is 0 Å². The molecule has 1 amide bonds. The Morgan fingerprint density at radius 1 is 0.963 bits per heavy atom. The zero-order valence-electron chi connectivity index (χ0n) is 14.9. The summed E-state index contributed by atoms with van der Waals surface area (Å²) >= 11 is 0. The van der Waals surface area contributed by atoms with E-state index in [0.717, 1.165) is 28.0 Å². The number of fused-ring (bicyclic) bond motifs is 1. The van der Waals surface area contributed by atoms with E-state index in [1.165, 1.54) is 0 Å². The fourth-order valence-electron chi connectivity index (χ4n) is 3.12. The smallest absolute Gasteiger partial charge is 0.287 e. The molecule has 0 radical (unpaired) electrons. The number of carbonyl (C=O) groups is 1. The van der Waals surface area contributed by atoms with Crippen LogP contribution in [0.15, 0.2) is 78.9 Å². The number of methoxy groups -OCH3 is 1. The third kappa shape index (κ3) is 3.27. The monoisotopic (exact) mass is 357 g/mol. The summed E-state index contributed by atoms with van der Waals surface area (Å²) in [6, 6.07) is 25.1. The molecule has 0 spiro atoms. The van der Waals surface area contributed by atoms with Crippen LogP contribution in [0.1, 0.15) is 16.2 Å². The van der Waals surface area contributed by atoms with E-state index in [4.69, 9.17) is 4.74 Å². The Morgan fingerprint density at radius 2 is 1.67 bits per heavy atom. The number of para-hydroxylation sites is 4. The molecule has 5 heteroatoms. The Hall–Kier alpha value is -3.60. The van der Waals surface area contributed by atoms with Gasteiger partial charge in [0, 0.05) is 17.8 Å². The number of amides is 1. The van der Waals surface area contributed by atoms with Crippen molar-refractivity contribution in [2.24, 2.45) is 0 Å². The van der Waals surface area contributed by atoms with Gasteiger partial charge in [-0.2, -0.15) is 0 Å². The van der Waals surface area contributed by atoms with Crippen LogP contribution in [-0.2, 0) is 6.54 Å². The lowest BCUT2D eigenvalue weighted by Crippen LogP contribution is -2.26. The van der Waals surface area contributed by atoms with Crippen molar-refractivity contribution in [3.05, 3.63) is 90.3 Å². The van der Waals surface area contributed by atoms with Gasteiger partial charge in [0.1, 0.15) is 5.75 Å². The molecule has 4 rings (SSSR count). The Morgan fingerprint density at radius 3 is 2.48 bits per heavy atom. The highest BCUT2D eigenvalue weighted by molar-refractivity contribution is 5.96. The molecule has 5 nitrogen and oxygen atoms in total. The van der Waals surface area contributed by atoms with Gasteiger partial charge in [0.15, 0.2) is 0 Å². The molecule has 0 bridgehead atoms. The summed E-state index contributed by atoms with van der Waals surface area (Å²) in [7, 11) is 1.62. The average molecular weight is 357 g/mol. The van der Waals surface area contributed by atoms with E-state index in [1.807, 2.05) is 83.4 Å². The standard InChI is InChI=1S/C22H19N3O2/c1-27-20-14-8-5-9-16(20)15-23-22(26)21-24-18-12-6-7-13-19(18)25(21)17-10-3-2-4-11-17/h2-14H,15H2,1H3,(H,23,26). The fraction of sp³-hybridized carbons (Fsp3) is 0.0909. The van der Waals surface area contributed by atoms with Crippen LogP contribution in [0.25, 0.3) is 16.7 Å². The highest BCUT2D eigenvalue weighted by atomic mass is 16.5. The molecular formula is C22H19N3O2. The van der Waals surface area contributed by atoms with Crippen molar-refractivity contribution in [2.75, 3.05) is 7.11 Å². The quantitative estimate of drug-likeness (QED) is 0.588. The lowest BCUT2D eigenvalue weighted by atomic mass is 10.2. The number of rotatable bonds is 5. The largest absolute Gasteiger partial charge is 0.496 e. The van der Waals surface area contributed by atoms with E-state index >= 15 is 0 Å². The average Bonchev–Trinajstić information content (AvgIpc) is 3.12. The molecule has 0 aliphatic carbocycles. The highest BCUT2D eigenvalue weighted by Crippen LogP contribution is 2.22. The first kappa shape index (κ1) is 16.8. The van der Waals surface area contributed by atoms with E-state index in [1.54, 1.807) is 7.11 Å². The molecule has 0 unspecified atom stereocenters. The summed E-state index contributed by atoms with van der Waals surface area (Å²) in [5, 5.41) is 2.96. The van der Waals surface area contributed by atoms with Gasteiger partial charge in [-0.15, -0.1) is 0 Å². The zero-order chi connectivity index (χ0) is 18.6. The number of carbonyl (C=O) groups excluding carboxylic acids is 1. The van der Waals surface area contributed by atoms with E-state index in [0.29, 0.717) is 12.4 Å². The second-order valence-corrected chi connectivity index (χ2v) is 6.09. The van der Waals surface area contributed by atoms with Gasteiger partial charge in [0.05, 0.1) is 18.1 Å². The van der Waals surface area contributed by atoms with Gasteiger partial charge in [-0.05, 0) is 30.3 Å². The first-order valence-corrected chi connectivity index (χ1v) is 8.71. The maximum atomic E-state index is 12.9. The molecule has 134 valence electrons. The van der Waals surface area contributed by atoms with Gasteiger partial charge in [0.25, 0.3) is 5.91 Å². The Labute approximate surface area is 157 Å². The van der Waals surface area contributed by atoms with Gasteiger partial charge in [0.2, 0.25) is 5.82 Å². The van der Waals surface area contributed by atoms with E-state index in [9.17, 15) is 4.79 Å². The van der Waals surface area contributed by atoms with Crippen LogP contribution in [-0.4, -0.2) is 22.6 Å². The van der Waals surface area contributed by atoms with E-state index in [-0.39, 0.29) is 5.91 Å². The number of imidazole rings is 1. The van der Waals surface area contributed by atoms with Crippen molar-refractivity contribution in [1.82, 2.24) is 14.9 Å². The van der Waals surface area contributed by atoms with Gasteiger partial charge >= 0.3 is 0 Å². The molecule has 1 heterocycles.